The minimum absolute atomic E-state index is 0.0441. The van der Waals surface area contributed by atoms with Gasteiger partial charge in [0, 0.05) is 13.1 Å². The van der Waals surface area contributed by atoms with Crippen LogP contribution in [-0.2, 0) is 9.59 Å². The first-order valence-electron chi connectivity index (χ1n) is 6.75. The molecule has 1 aromatic rings. The molecule has 0 aromatic carbocycles. The molecule has 1 aromatic heterocycles. The third-order valence-corrected chi connectivity index (χ3v) is 5.84. The van der Waals surface area contributed by atoms with E-state index in [9.17, 15) is 14.7 Å². The van der Waals surface area contributed by atoms with Crippen LogP contribution >= 0.6 is 23.1 Å². The van der Waals surface area contributed by atoms with Crippen molar-refractivity contribution in [3.8, 4) is 0 Å². The summed E-state index contributed by atoms with van der Waals surface area (Å²) in [6.45, 7) is 2.91. The average molecular weight is 313 g/mol. The Morgan fingerprint density at radius 1 is 1.55 bits per heavy atom. The van der Waals surface area contributed by atoms with E-state index in [0.29, 0.717) is 31.7 Å². The van der Waals surface area contributed by atoms with Crippen LogP contribution in [0.25, 0.3) is 0 Å². The molecular formula is C14H19NO3S2. The van der Waals surface area contributed by atoms with Gasteiger partial charge in [0.05, 0.1) is 15.4 Å². The van der Waals surface area contributed by atoms with E-state index < -0.39 is 11.4 Å². The molecule has 0 bridgehead atoms. The molecule has 1 aliphatic heterocycles. The number of amides is 1. The molecule has 6 heteroatoms. The monoisotopic (exact) mass is 313 g/mol. The molecule has 1 aliphatic rings. The van der Waals surface area contributed by atoms with Crippen molar-refractivity contribution >= 4 is 35.0 Å². The average Bonchev–Trinajstić information content (AvgIpc) is 3.06. The highest BCUT2D eigenvalue weighted by molar-refractivity contribution is 8.01. The van der Waals surface area contributed by atoms with Gasteiger partial charge in [0.15, 0.2) is 0 Å². The van der Waals surface area contributed by atoms with Crippen LogP contribution in [0.3, 0.4) is 0 Å². The van der Waals surface area contributed by atoms with Crippen LogP contribution in [0.4, 0.5) is 0 Å². The lowest BCUT2D eigenvalue weighted by Gasteiger charge is -2.24. The van der Waals surface area contributed by atoms with Crippen LogP contribution in [-0.4, -0.2) is 40.7 Å². The number of hydrogen-bond acceptors (Lipinski definition) is 4. The van der Waals surface area contributed by atoms with Crippen molar-refractivity contribution in [1.29, 1.82) is 0 Å². The van der Waals surface area contributed by atoms with Gasteiger partial charge in [-0.3, -0.25) is 9.59 Å². The molecule has 1 unspecified atom stereocenters. The number of carboxylic acid groups (broad SMARTS) is 1. The predicted octanol–water partition coefficient (Wildman–Crippen LogP) is 2.94. The third kappa shape index (κ3) is 3.35. The molecule has 0 radical (unpaired) electrons. The Morgan fingerprint density at radius 3 is 2.95 bits per heavy atom. The summed E-state index contributed by atoms with van der Waals surface area (Å²) in [5.74, 6) is -0.328. The molecule has 2 rings (SSSR count). The fourth-order valence-corrected chi connectivity index (χ4v) is 4.31. The Morgan fingerprint density at radius 2 is 2.35 bits per heavy atom. The predicted molar refractivity (Wildman–Crippen MR) is 81.2 cm³/mol. The van der Waals surface area contributed by atoms with Gasteiger partial charge in [-0.1, -0.05) is 19.4 Å². The second-order valence-electron chi connectivity index (χ2n) is 5.12. The van der Waals surface area contributed by atoms with Crippen LogP contribution in [0, 0.1) is 5.41 Å². The number of carbonyl (C=O) groups is 2. The van der Waals surface area contributed by atoms with E-state index in [-0.39, 0.29) is 5.91 Å². The first-order valence-corrected chi connectivity index (χ1v) is 8.61. The molecule has 2 heterocycles. The van der Waals surface area contributed by atoms with E-state index >= 15 is 0 Å². The molecule has 1 amide bonds. The number of likely N-dealkylation sites (tertiary alicyclic amines) is 1. The normalized spacial score (nSPS) is 22.1. The topological polar surface area (TPSA) is 57.6 Å². The van der Waals surface area contributed by atoms with Crippen molar-refractivity contribution in [2.45, 2.75) is 30.4 Å². The lowest BCUT2D eigenvalue weighted by Crippen LogP contribution is -2.37. The summed E-state index contributed by atoms with van der Waals surface area (Å²) in [5.41, 5.74) is -0.724. The summed E-state index contributed by atoms with van der Waals surface area (Å²) in [5, 5.41) is 11.4. The van der Waals surface area contributed by atoms with Gasteiger partial charge in [0.25, 0.3) is 0 Å². The zero-order valence-electron chi connectivity index (χ0n) is 11.5. The molecular weight excluding hydrogens is 294 g/mol. The third-order valence-electron chi connectivity index (χ3n) is 3.72. The first-order chi connectivity index (χ1) is 9.57. The summed E-state index contributed by atoms with van der Waals surface area (Å²) in [6.07, 6.45) is 2.05. The van der Waals surface area contributed by atoms with Crippen molar-refractivity contribution < 1.29 is 14.7 Å². The minimum Gasteiger partial charge on any atom is -0.481 e. The van der Waals surface area contributed by atoms with Gasteiger partial charge in [-0.15, -0.1) is 23.1 Å². The summed E-state index contributed by atoms with van der Waals surface area (Å²) in [4.78, 5) is 25.4. The minimum atomic E-state index is -0.763. The summed E-state index contributed by atoms with van der Waals surface area (Å²) in [6, 6.07) is 3.95. The zero-order valence-corrected chi connectivity index (χ0v) is 13.1. The first kappa shape index (κ1) is 15.4. The second-order valence-corrected chi connectivity index (χ2v) is 7.34. The zero-order chi connectivity index (χ0) is 14.6. The van der Waals surface area contributed by atoms with Gasteiger partial charge in [0.1, 0.15) is 0 Å². The number of carbonyl (C=O) groups excluding carboxylic acids is 1. The van der Waals surface area contributed by atoms with Gasteiger partial charge < -0.3 is 10.0 Å². The van der Waals surface area contributed by atoms with E-state index in [1.807, 2.05) is 24.4 Å². The molecule has 1 saturated heterocycles. The summed E-state index contributed by atoms with van der Waals surface area (Å²) < 4.78 is 1.12. The van der Waals surface area contributed by atoms with Crippen LogP contribution < -0.4 is 0 Å². The fourth-order valence-electron chi connectivity index (χ4n) is 2.62. The van der Waals surface area contributed by atoms with Crippen molar-refractivity contribution in [2.24, 2.45) is 5.41 Å². The maximum absolute atomic E-state index is 12.2. The molecule has 1 N–H and O–H groups in total. The van der Waals surface area contributed by atoms with Gasteiger partial charge >= 0.3 is 5.97 Å². The molecule has 4 nitrogen and oxygen atoms in total. The van der Waals surface area contributed by atoms with Crippen molar-refractivity contribution in [1.82, 2.24) is 4.90 Å². The maximum Gasteiger partial charge on any atom is 0.311 e. The molecule has 0 spiro atoms. The molecule has 0 saturated carbocycles. The lowest BCUT2D eigenvalue weighted by atomic mass is 9.83. The van der Waals surface area contributed by atoms with Crippen LogP contribution in [0.15, 0.2) is 21.7 Å². The number of nitrogens with zero attached hydrogens (tertiary/aromatic N) is 1. The molecule has 0 aliphatic carbocycles. The number of rotatable bonds is 6. The Balaban J connectivity index is 1.90. The Hall–Kier alpha value is -1.01. The van der Waals surface area contributed by atoms with Gasteiger partial charge in [-0.2, -0.15) is 0 Å². The smallest absolute Gasteiger partial charge is 0.311 e. The second kappa shape index (κ2) is 6.63. The van der Waals surface area contributed by atoms with Crippen molar-refractivity contribution in [2.75, 3.05) is 18.8 Å². The lowest BCUT2D eigenvalue weighted by molar-refractivity contribution is -0.148. The highest BCUT2D eigenvalue weighted by Crippen LogP contribution is 2.36. The van der Waals surface area contributed by atoms with E-state index in [4.69, 9.17) is 0 Å². The van der Waals surface area contributed by atoms with E-state index in [2.05, 4.69) is 0 Å². The van der Waals surface area contributed by atoms with Crippen molar-refractivity contribution in [3.63, 3.8) is 0 Å². The maximum atomic E-state index is 12.2. The molecule has 1 fully saturated rings. The number of thioether (sulfide) groups is 1. The van der Waals surface area contributed by atoms with E-state index in [1.165, 1.54) is 11.8 Å². The van der Waals surface area contributed by atoms with Gasteiger partial charge in [-0.05, 0) is 24.3 Å². The Kier molecular flexibility index (Phi) is 5.10. The molecule has 1 atom stereocenters. The molecule has 110 valence electrons. The van der Waals surface area contributed by atoms with Gasteiger partial charge in [0.2, 0.25) is 5.91 Å². The van der Waals surface area contributed by atoms with Gasteiger partial charge in [-0.25, -0.2) is 0 Å². The number of carboxylic acids is 1. The number of aliphatic carboxylic acids is 1. The number of hydrogen-bond donors (Lipinski definition) is 1. The van der Waals surface area contributed by atoms with Crippen LogP contribution in [0.2, 0.25) is 0 Å². The Labute approximate surface area is 127 Å². The highest BCUT2D eigenvalue weighted by atomic mass is 32.2. The summed E-state index contributed by atoms with van der Waals surface area (Å²) >= 11 is 3.14. The van der Waals surface area contributed by atoms with Crippen LogP contribution in [0.5, 0.6) is 0 Å². The summed E-state index contributed by atoms with van der Waals surface area (Å²) in [7, 11) is 0. The molecule has 20 heavy (non-hydrogen) atoms. The van der Waals surface area contributed by atoms with Crippen molar-refractivity contribution in [3.05, 3.63) is 17.5 Å². The standard InChI is InChI=1S/C14H19NO3S2/c1-2-5-14(13(17)18)6-7-15(10-14)11(16)9-20-12-4-3-8-19-12/h3-4,8H,2,5-7,9-10H2,1H3,(H,17,18). The quantitative estimate of drug-likeness (QED) is 0.820. The SMILES string of the molecule is CCCC1(C(=O)O)CCN(C(=O)CSc2cccs2)C1. The highest BCUT2D eigenvalue weighted by Gasteiger charge is 2.45. The number of thiophene rings is 1. The largest absolute Gasteiger partial charge is 0.481 e. The fraction of sp³-hybridized carbons (Fsp3) is 0.571. The van der Waals surface area contributed by atoms with Crippen LogP contribution in [0.1, 0.15) is 26.2 Å². The van der Waals surface area contributed by atoms with E-state index in [1.54, 1.807) is 16.2 Å². The van der Waals surface area contributed by atoms with E-state index in [0.717, 1.165) is 10.6 Å². The Bertz CT molecular complexity index is 475.